The standard InChI is InChI=1S/C12H12Cl2FN5O/c1-3-16-10-18-11(20-12(19-10)21-2)17-6-4-7(13)9(15)8(14)5-6/h4-5H,3H2,1-2H3,(H2,16,17,18,19,20). The van der Waals surface area contributed by atoms with Crippen LogP contribution in [-0.2, 0) is 0 Å². The predicted molar refractivity (Wildman–Crippen MR) is 80.2 cm³/mol. The summed E-state index contributed by atoms with van der Waals surface area (Å²) in [5.74, 6) is -0.104. The Kier molecular flexibility index (Phi) is 4.98. The number of nitrogens with one attached hydrogen (secondary N) is 2. The van der Waals surface area contributed by atoms with E-state index in [1.807, 2.05) is 6.92 Å². The van der Waals surface area contributed by atoms with Crippen molar-refractivity contribution in [1.29, 1.82) is 0 Å². The van der Waals surface area contributed by atoms with Crippen LogP contribution in [-0.4, -0.2) is 28.6 Å². The number of anilines is 3. The fraction of sp³-hybridized carbons (Fsp3) is 0.250. The molecule has 2 rings (SSSR count). The zero-order valence-electron chi connectivity index (χ0n) is 11.2. The van der Waals surface area contributed by atoms with E-state index in [-0.39, 0.29) is 22.0 Å². The van der Waals surface area contributed by atoms with Gasteiger partial charge in [-0.25, -0.2) is 4.39 Å². The topological polar surface area (TPSA) is 72.0 Å². The van der Waals surface area contributed by atoms with Gasteiger partial charge in [-0.15, -0.1) is 0 Å². The molecule has 0 radical (unpaired) electrons. The Labute approximate surface area is 130 Å². The molecule has 1 heterocycles. The monoisotopic (exact) mass is 331 g/mol. The van der Waals surface area contributed by atoms with Gasteiger partial charge in [0.15, 0.2) is 5.82 Å². The van der Waals surface area contributed by atoms with Gasteiger partial charge in [0.25, 0.3) is 0 Å². The Hall–Kier alpha value is -1.86. The van der Waals surface area contributed by atoms with Crippen molar-refractivity contribution in [1.82, 2.24) is 15.0 Å². The van der Waals surface area contributed by atoms with E-state index in [4.69, 9.17) is 27.9 Å². The van der Waals surface area contributed by atoms with Gasteiger partial charge < -0.3 is 15.4 Å². The fourth-order valence-electron chi connectivity index (χ4n) is 1.50. The van der Waals surface area contributed by atoms with Crippen molar-refractivity contribution in [3.63, 3.8) is 0 Å². The first kappa shape index (κ1) is 15.5. The number of hydrogen-bond donors (Lipinski definition) is 2. The summed E-state index contributed by atoms with van der Waals surface area (Å²) in [7, 11) is 1.44. The lowest BCUT2D eigenvalue weighted by atomic mass is 10.3. The van der Waals surface area contributed by atoms with E-state index >= 15 is 0 Å². The van der Waals surface area contributed by atoms with Crippen molar-refractivity contribution >= 4 is 40.8 Å². The molecule has 0 unspecified atom stereocenters. The maximum atomic E-state index is 13.4. The maximum absolute atomic E-state index is 13.4. The first-order valence-electron chi connectivity index (χ1n) is 5.99. The zero-order chi connectivity index (χ0) is 15.4. The van der Waals surface area contributed by atoms with E-state index in [1.54, 1.807) is 0 Å². The number of ether oxygens (including phenoxy) is 1. The van der Waals surface area contributed by atoms with Crippen molar-refractivity contribution < 1.29 is 9.13 Å². The third kappa shape index (κ3) is 3.83. The minimum absolute atomic E-state index is 0.0991. The molecule has 0 bridgehead atoms. The van der Waals surface area contributed by atoms with Crippen LogP contribution in [0.2, 0.25) is 10.0 Å². The van der Waals surface area contributed by atoms with Gasteiger partial charge in [-0.3, -0.25) is 0 Å². The molecule has 0 atom stereocenters. The van der Waals surface area contributed by atoms with Gasteiger partial charge in [-0.1, -0.05) is 23.2 Å². The molecule has 0 saturated heterocycles. The van der Waals surface area contributed by atoms with Crippen molar-refractivity contribution in [2.45, 2.75) is 6.92 Å². The Morgan fingerprint density at radius 2 is 1.76 bits per heavy atom. The molecule has 0 saturated carbocycles. The SMILES string of the molecule is CCNc1nc(Nc2cc(Cl)c(F)c(Cl)c2)nc(OC)n1. The van der Waals surface area contributed by atoms with Crippen molar-refractivity contribution in [3.8, 4) is 6.01 Å². The number of nitrogens with zero attached hydrogens (tertiary/aromatic N) is 3. The Morgan fingerprint density at radius 1 is 1.14 bits per heavy atom. The average Bonchev–Trinajstić information content (AvgIpc) is 2.44. The highest BCUT2D eigenvalue weighted by Gasteiger charge is 2.10. The highest BCUT2D eigenvalue weighted by atomic mass is 35.5. The van der Waals surface area contributed by atoms with Crippen LogP contribution in [0.1, 0.15) is 6.92 Å². The second-order valence-corrected chi connectivity index (χ2v) is 4.69. The summed E-state index contributed by atoms with van der Waals surface area (Å²) >= 11 is 11.5. The first-order valence-corrected chi connectivity index (χ1v) is 6.74. The van der Waals surface area contributed by atoms with Crippen LogP contribution >= 0.6 is 23.2 Å². The summed E-state index contributed by atoms with van der Waals surface area (Å²) in [6.45, 7) is 2.55. The number of hydrogen-bond acceptors (Lipinski definition) is 6. The summed E-state index contributed by atoms with van der Waals surface area (Å²) in [5, 5.41) is 5.62. The van der Waals surface area contributed by atoms with Gasteiger partial charge >= 0.3 is 6.01 Å². The summed E-state index contributed by atoms with van der Waals surface area (Å²) in [5.41, 5.74) is 0.446. The van der Waals surface area contributed by atoms with Crippen LogP contribution in [0.15, 0.2) is 12.1 Å². The molecule has 0 fully saturated rings. The molecule has 21 heavy (non-hydrogen) atoms. The minimum atomic E-state index is -0.676. The smallest absolute Gasteiger partial charge is 0.322 e. The number of aromatic nitrogens is 3. The molecular weight excluding hydrogens is 320 g/mol. The van der Waals surface area contributed by atoms with E-state index in [1.165, 1.54) is 19.2 Å². The number of halogens is 3. The molecule has 6 nitrogen and oxygen atoms in total. The molecule has 1 aromatic heterocycles. The number of methoxy groups -OCH3 is 1. The Bertz CT molecular complexity index is 633. The highest BCUT2D eigenvalue weighted by molar-refractivity contribution is 6.35. The van der Waals surface area contributed by atoms with E-state index in [2.05, 4.69) is 25.6 Å². The average molecular weight is 332 g/mol. The molecule has 2 aromatic rings. The second-order valence-electron chi connectivity index (χ2n) is 3.88. The lowest BCUT2D eigenvalue weighted by Gasteiger charge is -2.09. The molecular formula is C12H12Cl2FN5O. The third-order valence-corrected chi connectivity index (χ3v) is 2.92. The molecule has 0 amide bonds. The highest BCUT2D eigenvalue weighted by Crippen LogP contribution is 2.28. The molecule has 112 valence electrons. The van der Waals surface area contributed by atoms with Gasteiger partial charge in [0, 0.05) is 12.2 Å². The van der Waals surface area contributed by atoms with Gasteiger partial charge in [0.05, 0.1) is 17.2 Å². The van der Waals surface area contributed by atoms with Gasteiger partial charge in [0.2, 0.25) is 11.9 Å². The summed E-state index contributed by atoms with van der Waals surface area (Å²) in [4.78, 5) is 12.2. The maximum Gasteiger partial charge on any atom is 0.322 e. The van der Waals surface area contributed by atoms with Crippen LogP contribution in [0.5, 0.6) is 6.01 Å². The normalized spacial score (nSPS) is 10.3. The number of rotatable bonds is 5. The molecule has 0 aliphatic carbocycles. The van der Waals surface area contributed by atoms with E-state index in [0.29, 0.717) is 18.2 Å². The lowest BCUT2D eigenvalue weighted by molar-refractivity contribution is 0.379. The van der Waals surface area contributed by atoms with Crippen LogP contribution in [0.3, 0.4) is 0 Å². The van der Waals surface area contributed by atoms with Gasteiger partial charge in [0.1, 0.15) is 0 Å². The van der Waals surface area contributed by atoms with Crippen molar-refractivity contribution in [3.05, 3.63) is 28.0 Å². The van der Waals surface area contributed by atoms with Crippen molar-refractivity contribution in [2.24, 2.45) is 0 Å². The summed E-state index contributed by atoms with van der Waals surface area (Å²) < 4.78 is 18.4. The summed E-state index contributed by atoms with van der Waals surface area (Å²) in [6, 6.07) is 2.90. The van der Waals surface area contributed by atoms with E-state index in [9.17, 15) is 4.39 Å². The second kappa shape index (κ2) is 6.73. The molecule has 9 heteroatoms. The van der Waals surface area contributed by atoms with E-state index in [0.717, 1.165) is 0 Å². The first-order chi connectivity index (χ1) is 10.0. The van der Waals surface area contributed by atoms with Crippen LogP contribution in [0.4, 0.5) is 22.0 Å². The van der Waals surface area contributed by atoms with Crippen LogP contribution in [0, 0.1) is 5.82 Å². The van der Waals surface area contributed by atoms with Crippen LogP contribution < -0.4 is 15.4 Å². The molecule has 2 N–H and O–H groups in total. The Balaban J connectivity index is 2.32. The third-order valence-electron chi connectivity index (χ3n) is 2.37. The lowest BCUT2D eigenvalue weighted by Crippen LogP contribution is -2.08. The Morgan fingerprint density at radius 3 is 2.33 bits per heavy atom. The largest absolute Gasteiger partial charge is 0.467 e. The van der Waals surface area contributed by atoms with Gasteiger partial charge in [-0.05, 0) is 19.1 Å². The van der Waals surface area contributed by atoms with E-state index < -0.39 is 5.82 Å². The summed E-state index contributed by atoms with van der Waals surface area (Å²) in [6.07, 6.45) is 0. The minimum Gasteiger partial charge on any atom is -0.467 e. The fourth-order valence-corrected chi connectivity index (χ4v) is 1.98. The molecule has 1 aromatic carbocycles. The predicted octanol–water partition coefficient (Wildman–Crippen LogP) is 3.50. The van der Waals surface area contributed by atoms with Crippen molar-refractivity contribution in [2.75, 3.05) is 24.3 Å². The molecule has 0 spiro atoms. The van der Waals surface area contributed by atoms with Gasteiger partial charge in [-0.2, -0.15) is 15.0 Å². The van der Waals surface area contributed by atoms with Crippen LogP contribution in [0.25, 0.3) is 0 Å². The quantitative estimate of drug-likeness (QED) is 0.817. The molecule has 0 aliphatic rings. The zero-order valence-corrected chi connectivity index (χ0v) is 12.8. The number of benzene rings is 1. The molecule has 0 aliphatic heterocycles.